The molecule has 0 radical (unpaired) electrons. The zero-order chi connectivity index (χ0) is 23.2. The highest BCUT2D eigenvalue weighted by atomic mass is 35.5. The van der Waals surface area contributed by atoms with Crippen LogP contribution in [0.15, 0.2) is 35.2 Å². The van der Waals surface area contributed by atoms with Gasteiger partial charge in [-0.1, -0.05) is 11.6 Å². The Bertz CT molecular complexity index is 1250. The van der Waals surface area contributed by atoms with Gasteiger partial charge in [0.15, 0.2) is 18.1 Å². The van der Waals surface area contributed by atoms with E-state index in [1.54, 1.807) is 18.2 Å². The number of nitrogens with zero attached hydrogens (tertiary/aromatic N) is 1. The van der Waals surface area contributed by atoms with Gasteiger partial charge < -0.3 is 24.8 Å². The van der Waals surface area contributed by atoms with Crippen molar-refractivity contribution in [1.29, 1.82) is 0 Å². The fraction of sp³-hybridized carbons (Fsp3) is 0.333. The van der Waals surface area contributed by atoms with Crippen molar-refractivity contribution in [2.45, 2.75) is 23.8 Å². The van der Waals surface area contributed by atoms with Crippen molar-refractivity contribution in [3.8, 4) is 17.2 Å². The molecule has 33 heavy (non-hydrogen) atoms. The van der Waals surface area contributed by atoms with Crippen LogP contribution in [-0.4, -0.2) is 56.9 Å². The van der Waals surface area contributed by atoms with Crippen molar-refractivity contribution in [3.05, 3.63) is 35.4 Å². The van der Waals surface area contributed by atoms with Gasteiger partial charge in [0.1, 0.15) is 29.9 Å². The molecule has 0 unspecified atom stereocenters. The number of sulfonamides is 1. The van der Waals surface area contributed by atoms with E-state index in [2.05, 4.69) is 10.6 Å². The molecule has 3 aliphatic heterocycles. The first-order chi connectivity index (χ1) is 15.8. The lowest BCUT2D eigenvalue weighted by molar-refractivity contribution is -0.119. The highest BCUT2D eigenvalue weighted by Gasteiger charge is 2.41. The fourth-order valence-electron chi connectivity index (χ4n) is 4.04. The van der Waals surface area contributed by atoms with Gasteiger partial charge in [-0.3, -0.25) is 9.59 Å². The second-order valence-corrected chi connectivity index (χ2v) is 10.0. The third-order valence-electron chi connectivity index (χ3n) is 5.57. The average Bonchev–Trinajstić information content (AvgIpc) is 3.29. The van der Waals surface area contributed by atoms with E-state index in [0.717, 1.165) is 4.31 Å². The maximum atomic E-state index is 13.4. The number of anilines is 2. The first-order valence-corrected chi connectivity index (χ1v) is 12.1. The SMILES string of the molecule is O=C1COc2cc(S(=O)(=O)N3CCC[C@H]3C(=O)Nc3ccc4c(c3)OCCO4)c(Cl)cc2N1. The minimum absolute atomic E-state index is 0.0718. The molecule has 0 saturated carbocycles. The van der Waals surface area contributed by atoms with Gasteiger partial charge in [-0.15, -0.1) is 0 Å². The number of carbonyl (C=O) groups is 2. The predicted molar refractivity (Wildman–Crippen MR) is 119 cm³/mol. The first-order valence-electron chi connectivity index (χ1n) is 10.3. The fourth-order valence-corrected chi connectivity index (χ4v) is 6.22. The summed E-state index contributed by atoms with van der Waals surface area (Å²) in [6, 6.07) is 6.72. The van der Waals surface area contributed by atoms with Crippen LogP contribution in [0.2, 0.25) is 5.02 Å². The summed E-state index contributed by atoms with van der Waals surface area (Å²) in [4.78, 5) is 24.4. The lowest BCUT2D eigenvalue weighted by Crippen LogP contribution is -2.43. The number of hydrogen-bond donors (Lipinski definition) is 2. The molecule has 10 nitrogen and oxygen atoms in total. The van der Waals surface area contributed by atoms with Crippen molar-refractivity contribution >= 4 is 44.8 Å². The van der Waals surface area contributed by atoms with Gasteiger partial charge in [0, 0.05) is 24.4 Å². The third kappa shape index (κ3) is 4.07. The van der Waals surface area contributed by atoms with E-state index in [1.807, 2.05) is 0 Å². The number of halogens is 1. The Labute approximate surface area is 194 Å². The second kappa shape index (κ2) is 8.40. The van der Waals surface area contributed by atoms with E-state index in [0.29, 0.717) is 48.9 Å². The minimum Gasteiger partial charge on any atom is -0.486 e. The van der Waals surface area contributed by atoms with Crippen LogP contribution in [0, 0.1) is 0 Å². The molecular weight excluding hydrogens is 474 g/mol. The van der Waals surface area contributed by atoms with E-state index >= 15 is 0 Å². The summed E-state index contributed by atoms with van der Waals surface area (Å²) < 4.78 is 44.4. The molecule has 3 aliphatic rings. The Balaban J connectivity index is 1.39. The smallest absolute Gasteiger partial charge is 0.262 e. The lowest BCUT2D eigenvalue weighted by atomic mass is 10.2. The molecule has 2 N–H and O–H groups in total. The van der Waals surface area contributed by atoms with Crippen LogP contribution in [0.3, 0.4) is 0 Å². The Hall–Kier alpha value is -3.02. The number of benzene rings is 2. The molecule has 2 aromatic carbocycles. The molecule has 3 heterocycles. The van der Waals surface area contributed by atoms with E-state index in [-0.39, 0.29) is 34.7 Å². The van der Waals surface area contributed by atoms with Gasteiger partial charge >= 0.3 is 0 Å². The summed E-state index contributed by atoms with van der Waals surface area (Å²) in [5.41, 5.74) is 0.772. The van der Waals surface area contributed by atoms with E-state index in [1.165, 1.54) is 12.1 Å². The summed E-state index contributed by atoms with van der Waals surface area (Å²) in [5.74, 6) is 0.497. The number of hydrogen-bond acceptors (Lipinski definition) is 7. The van der Waals surface area contributed by atoms with E-state index < -0.39 is 22.0 Å². The zero-order valence-electron chi connectivity index (χ0n) is 17.3. The Kier molecular flexibility index (Phi) is 5.55. The second-order valence-electron chi connectivity index (χ2n) is 7.74. The maximum absolute atomic E-state index is 13.4. The monoisotopic (exact) mass is 493 g/mol. The Morgan fingerprint density at radius 3 is 2.70 bits per heavy atom. The number of rotatable bonds is 4. The van der Waals surface area contributed by atoms with Gasteiger partial charge in [-0.25, -0.2) is 8.42 Å². The normalized spacial score (nSPS) is 19.9. The van der Waals surface area contributed by atoms with Crippen molar-refractivity contribution in [3.63, 3.8) is 0 Å². The van der Waals surface area contributed by atoms with E-state index in [4.69, 9.17) is 25.8 Å². The lowest BCUT2D eigenvalue weighted by Gasteiger charge is -2.25. The molecule has 0 aliphatic carbocycles. The van der Waals surface area contributed by atoms with Crippen LogP contribution in [0.4, 0.5) is 11.4 Å². The molecule has 1 saturated heterocycles. The molecule has 1 atom stereocenters. The zero-order valence-corrected chi connectivity index (χ0v) is 18.9. The van der Waals surface area contributed by atoms with Crippen molar-refractivity contribution in [1.82, 2.24) is 4.31 Å². The molecule has 0 aromatic heterocycles. The molecule has 2 aromatic rings. The van der Waals surface area contributed by atoms with Crippen LogP contribution in [0.5, 0.6) is 17.2 Å². The first kappa shape index (κ1) is 21.8. The number of nitrogens with one attached hydrogen (secondary N) is 2. The topological polar surface area (TPSA) is 123 Å². The molecule has 1 fully saturated rings. The van der Waals surface area contributed by atoms with Crippen LogP contribution in [0.25, 0.3) is 0 Å². The number of fused-ring (bicyclic) bond motifs is 2. The van der Waals surface area contributed by atoms with Crippen LogP contribution >= 0.6 is 11.6 Å². The number of ether oxygens (including phenoxy) is 3. The Morgan fingerprint density at radius 1 is 1.09 bits per heavy atom. The van der Waals surface area contributed by atoms with Crippen LogP contribution in [0.1, 0.15) is 12.8 Å². The highest BCUT2D eigenvalue weighted by Crippen LogP contribution is 2.39. The summed E-state index contributed by atoms with van der Waals surface area (Å²) >= 11 is 6.26. The van der Waals surface area contributed by atoms with Gasteiger partial charge in [-0.2, -0.15) is 4.31 Å². The standard InChI is InChI=1S/C21H20ClN3O7S/c22-13-9-14-17(32-11-20(26)24-14)10-19(13)33(28,29)25-5-1-2-15(25)21(27)23-12-3-4-16-18(8-12)31-7-6-30-16/h3-4,8-10,15H,1-2,5-7,11H2,(H,23,27)(H,24,26)/t15-/m0/s1. The third-order valence-corrected chi connectivity index (χ3v) is 7.94. The quantitative estimate of drug-likeness (QED) is 0.669. The number of amides is 2. The molecular formula is C21H20ClN3O7S. The predicted octanol–water partition coefficient (Wildman–Crippen LogP) is 2.23. The van der Waals surface area contributed by atoms with E-state index in [9.17, 15) is 18.0 Å². The summed E-state index contributed by atoms with van der Waals surface area (Å²) in [6.45, 7) is 0.815. The molecule has 12 heteroatoms. The molecule has 5 rings (SSSR count). The minimum atomic E-state index is -4.11. The van der Waals surface area contributed by atoms with Gasteiger partial charge in [-0.05, 0) is 31.0 Å². The largest absolute Gasteiger partial charge is 0.486 e. The Morgan fingerprint density at radius 2 is 1.88 bits per heavy atom. The van der Waals surface area contributed by atoms with Crippen molar-refractivity contribution < 1.29 is 32.2 Å². The van der Waals surface area contributed by atoms with Gasteiger partial charge in [0.25, 0.3) is 5.91 Å². The highest BCUT2D eigenvalue weighted by molar-refractivity contribution is 7.89. The van der Waals surface area contributed by atoms with Crippen LogP contribution in [-0.2, 0) is 19.6 Å². The van der Waals surface area contributed by atoms with Crippen LogP contribution < -0.4 is 24.8 Å². The molecule has 0 spiro atoms. The summed E-state index contributed by atoms with van der Waals surface area (Å²) in [5, 5.41) is 5.28. The maximum Gasteiger partial charge on any atom is 0.262 e. The van der Waals surface area contributed by atoms with Crippen molar-refractivity contribution in [2.24, 2.45) is 0 Å². The van der Waals surface area contributed by atoms with Gasteiger partial charge in [0.05, 0.1) is 10.7 Å². The number of carbonyl (C=O) groups excluding carboxylic acids is 2. The van der Waals surface area contributed by atoms with Crippen molar-refractivity contribution in [2.75, 3.05) is 37.0 Å². The summed E-state index contributed by atoms with van der Waals surface area (Å²) in [6.07, 6.45) is 0.887. The van der Waals surface area contributed by atoms with Gasteiger partial charge in [0.2, 0.25) is 15.9 Å². The molecule has 0 bridgehead atoms. The summed E-state index contributed by atoms with van der Waals surface area (Å²) in [7, 11) is -4.11. The average molecular weight is 494 g/mol. The molecule has 174 valence electrons. The molecule has 2 amide bonds.